The molecule has 0 atom stereocenters. The number of benzene rings is 2. The van der Waals surface area contributed by atoms with Crippen molar-refractivity contribution in [3.8, 4) is 17.2 Å². The summed E-state index contributed by atoms with van der Waals surface area (Å²) in [6, 6.07) is 7.62. The normalized spacial score (nSPS) is 10.7. The average Bonchev–Trinajstić information content (AvgIpc) is 2.58. The molecule has 2 rings (SSSR count). The molecule has 2 N–H and O–H groups in total. The molecule has 0 heterocycles. The summed E-state index contributed by atoms with van der Waals surface area (Å²) in [5, 5.41) is 13.9. The number of phenols is 1. The van der Waals surface area contributed by atoms with E-state index in [1.54, 1.807) is 12.1 Å². The van der Waals surface area contributed by atoms with E-state index in [1.807, 2.05) is 0 Å². The maximum atomic E-state index is 12.1. The van der Waals surface area contributed by atoms with Gasteiger partial charge in [-0.1, -0.05) is 11.6 Å². The van der Waals surface area contributed by atoms with Gasteiger partial charge in [-0.15, -0.1) is 0 Å². The Balaban J connectivity index is 2.23. The highest BCUT2D eigenvalue weighted by Gasteiger charge is 2.13. The summed E-state index contributed by atoms with van der Waals surface area (Å²) < 4.78 is 11.1. The third-order valence-electron chi connectivity index (χ3n) is 3.11. The molecule has 8 heteroatoms. The number of amides is 1. The Bertz CT molecular complexity index is 796. The topological polar surface area (TPSA) is 80.2 Å². The number of ether oxygens (including phenoxy) is 2. The van der Waals surface area contributed by atoms with E-state index in [0.29, 0.717) is 26.6 Å². The zero-order valence-corrected chi connectivity index (χ0v) is 15.2. The molecule has 6 nitrogen and oxygen atoms in total. The van der Waals surface area contributed by atoms with E-state index in [9.17, 15) is 9.90 Å². The highest BCUT2D eigenvalue weighted by Crippen LogP contribution is 2.33. The van der Waals surface area contributed by atoms with Gasteiger partial charge in [-0.3, -0.25) is 4.79 Å². The molecule has 0 saturated heterocycles. The number of aromatic hydroxyl groups is 1. The van der Waals surface area contributed by atoms with Crippen molar-refractivity contribution in [3.05, 3.63) is 51.0 Å². The Labute approximate surface area is 152 Å². The number of rotatable bonds is 5. The minimum Gasteiger partial charge on any atom is -0.507 e. The van der Waals surface area contributed by atoms with E-state index in [-0.39, 0.29) is 11.3 Å². The first kappa shape index (κ1) is 18.1. The van der Waals surface area contributed by atoms with Gasteiger partial charge in [0.1, 0.15) is 17.2 Å². The smallest absolute Gasteiger partial charge is 0.275 e. The number of nitrogens with zero attached hydrogens (tertiary/aromatic N) is 1. The summed E-state index contributed by atoms with van der Waals surface area (Å²) in [6.07, 6.45) is 1.41. The number of methoxy groups -OCH3 is 2. The van der Waals surface area contributed by atoms with Crippen LogP contribution in [-0.4, -0.2) is 31.4 Å². The van der Waals surface area contributed by atoms with Crippen molar-refractivity contribution in [1.29, 1.82) is 0 Å². The van der Waals surface area contributed by atoms with Gasteiger partial charge in [0.15, 0.2) is 0 Å². The van der Waals surface area contributed by atoms with E-state index in [0.717, 1.165) is 0 Å². The lowest BCUT2D eigenvalue weighted by molar-refractivity contribution is 0.0952. The number of carbonyl (C=O) groups excluding carboxylic acids is 1. The van der Waals surface area contributed by atoms with Gasteiger partial charge in [0.2, 0.25) is 0 Å². The lowest BCUT2D eigenvalue weighted by Crippen LogP contribution is -2.17. The van der Waals surface area contributed by atoms with E-state index in [2.05, 4.69) is 26.5 Å². The van der Waals surface area contributed by atoms with Crippen LogP contribution in [0.25, 0.3) is 0 Å². The van der Waals surface area contributed by atoms with Gasteiger partial charge in [-0.05, 0) is 46.3 Å². The van der Waals surface area contributed by atoms with Gasteiger partial charge in [0.25, 0.3) is 5.91 Å². The third-order valence-corrected chi connectivity index (χ3v) is 4.16. The Morgan fingerprint density at radius 3 is 2.58 bits per heavy atom. The molecular weight excluding hydrogens is 400 g/mol. The molecule has 0 spiro atoms. The number of hydrogen-bond acceptors (Lipinski definition) is 5. The SMILES string of the molecule is COc1ccc(OC)c(C=NNC(=O)c2cc(Cl)ccc2O)c1Br. The molecule has 0 aromatic heterocycles. The fourth-order valence-corrected chi connectivity index (χ4v) is 2.68. The number of halogens is 2. The predicted octanol–water partition coefficient (Wildman–Crippen LogP) is 3.59. The van der Waals surface area contributed by atoms with Crippen LogP contribution < -0.4 is 14.9 Å². The maximum absolute atomic E-state index is 12.1. The van der Waals surface area contributed by atoms with Crippen LogP contribution >= 0.6 is 27.5 Å². The van der Waals surface area contributed by atoms with E-state index >= 15 is 0 Å². The van der Waals surface area contributed by atoms with Crippen molar-refractivity contribution in [2.45, 2.75) is 0 Å². The molecule has 0 aliphatic carbocycles. The zero-order chi connectivity index (χ0) is 17.7. The first-order valence-corrected chi connectivity index (χ1v) is 7.87. The zero-order valence-electron chi connectivity index (χ0n) is 12.8. The molecular formula is C16H14BrClN2O4. The molecule has 2 aromatic carbocycles. The van der Waals surface area contributed by atoms with E-state index < -0.39 is 5.91 Å². The molecule has 0 saturated carbocycles. The van der Waals surface area contributed by atoms with Gasteiger partial charge < -0.3 is 14.6 Å². The quantitative estimate of drug-likeness (QED) is 0.580. The Morgan fingerprint density at radius 1 is 1.25 bits per heavy atom. The number of phenolic OH excluding ortho intramolecular Hbond substituents is 1. The molecule has 0 aliphatic heterocycles. The Morgan fingerprint density at radius 2 is 1.92 bits per heavy atom. The molecule has 126 valence electrons. The van der Waals surface area contributed by atoms with Crippen LogP contribution in [0.4, 0.5) is 0 Å². The highest BCUT2D eigenvalue weighted by molar-refractivity contribution is 9.10. The second-order valence-corrected chi connectivity index (χ2v) is 5.79. The summed E-state index contributed by atoms with van der Waals surface area (Å²) in [5.74, 6) is 0.360. The number of hydrogen-bond donors (Lipinski definition) is 2. The molecule has 24 heavy (non-hydrogen) atoms. The van der Waals surface area contributed by atoms with Crippen molar-refractivity contribution in [2.75, 3.05) is 14.2 Å². The second kappa shape index (κ2) is 8.03. The summed E-state index contributed by atoms with van der Waals surface area (Å²) >= 11 is 9.22. The number of carbonyl (C=O) groups is 1. The molecule has 1 amide bonds. The number of nitrogens with one attached hydrogen (secondary N) is 1. The average molecular weight is 414 g/mol. The molecule has 0 radical (unpaired) electrons. The molecule has 0 unspecified atom stereocenters. The van der Waals surface area contributed by atoms with Crippen molar-refractivity contribution < 1.29 is 19.4 Å². The first-order valence-electron chi connectivity index (χ1n) is 6.70. The fraction of sp³-hybridized carbons (Fsp3) is 0.125. The maximum Gasteiger partial charge on any atom is 0.275 e. The Kier molecular flexibility index (Phi) is 6.05. The summed E-state index contributed by atoms with van der Waals surface area (Å²) in [4.78, 5) is 12.1. The van der Waals surface area contributed by atoms with Crippen molar-refractivity contribution in [1.82, 2.24) is 5.43 Å². The standard InChI is InChI=1S/C16H14BrClN2O4/c1-23-13-5-6-14(24-2)15(17)11(13)8-19-20-16(22)10-7-9(18)3-4-12(10)21/h3-8,21H,1-2H3,(H,20,22). The van der Waals surface area contributed by atoms with Crippen LogP contribution in [0, 0.1) is 0 Å². The van der Waals surface area contributed by atoms with Crippen LogP contribution in [0.2, 0.25) is 5.02 Å². The highest BCUT2D eigenvalue weighted by atomic mass is 79.9. The largest absolute Gasteiger partial charge is 0.507 e. The summed E-state index contributed by atoms with van der Waals surface area (Å²) in [5.41, 5.74) is 2.94. The van der Waals surface area contributed by atoms with Crippen LogP contribution in [0.1, 0.15) is 15.9 Å². The van der Waals surface area contributed by atoms with Gasteiger partial charge in [0, 0.05) is 5.02 Å². The van der Waals surface area contributed by atoms with Crippen LogP contribution in [0.15, 0.2) is 39.9 Å². The van der Waals surface area contributed by atoms with Crippen LogP contribution in [0.5, 0.6) is 17.2 Å². The van der Waals surface area contributed by atoms with E-state index in [1.165, 1.54) is 38.6 Å². The van der Waals surface area contributed by atoms with Crippen molar-refractivity contribution in [2.24, 2.45) is 5.10 Å². The monoisotopic (exact) mass is 412 g/mol. The van der Waals surface area contributed by atoms with Gasteiger partial charge in [-0.2, -0.15) is 5.10 Å². The lowest BCUT2D eigenvalue weighted by atomic mass is 10.2. The van der Waals surface area contributed by atoms with Crippen LogP contribution in [-0.2, 0) is 0 Å². The summed E-state index contributed by atoms with van der Waals surface area (Å²) in [7, 11) is 3.06. The minimum atomic E-state index is -0.593. The fourth-order valence-electron chi connectivity index (χ4n) is 1.92. The second-order valence-electron chi connectivity index (χ2n) is 4.56. The predicted molar refractivity (Wildman–Crippen MR) is 95.4 cm³/mol. The summed E-state index contributed by atoms with van der Waals surface area (Å²) in [6.45, 7) is 0. The van der Waals surface area contributed by atoms with Gasteiger partial charge in [-0.25, -0.2) is 5.43 Å². The lowest BCUT2D eigenvalue weighted by Gasteiger charge is -2.10. The van der Waals surface area contributed by atoms with E-state index in [4.69, 9.17) is 21.1 Å². The Hall–Kier alpha value is -2.25. The molecule has 0 aliphatic rings. The van der Waals surface area contributed by atoms with Crippen molar-refractivity contribution >= 4 is 39.7 Å². The molecule has 0 bridgehead atoms. The minimum absolute atomic E-state index is 0.0244. The third kappa shape index (κ3) is 3.98. The number of hydrazone groups is 1. The van der Waals surface area contributed by atoms with Gasteiger partial charge >= 0.3 is 0 Å². The molecule has 2 aromatic rings. The van der Waals surface area contributed by atoms with Gasteiger partial charge in [0.05, 0.1) is 36.0 Å². The van der Waals surface area contributed by atoms with Crippen LogP contribution in [0.3, 0.4) is 0 Å². The first-order chi connectivity index (χ1) is 11.5. The van der Waals surface area contributed by atoms with Crippen molar-refractivity contribution in [3.63, 3.8) is 0 Å². The molecule has 0 fully saturated rings.